The van der Waals surface area contributed by atoms with E-state index in [4.69, 9.17) is 16.3 Å². The lowest BCUT2D eigenvalue weighted by Gasteiger charge is -2.20. The smallest absolute Gasteiger partial charge is 0.107 e. The zero-order chi connectivity index (χ0) is 11.4. The second kappa shape index (κ2) is 5.96. The van der Waals surface area contributed by atoms with Gasteiger partial charge in [-0.3, -0.25) is 4.90 Å². The van der Waals surface area contributed by atoms with Crippen LogP contribution in [0.4, 0.5) is 0 Å². The average Bonchev–Trinajstić information content (AvgIpc) is 2.62. The van der Waals surface area contributed by atoms with Crippen LogP contribution < -0.4 is 0 Å². The summed E-state index contributed by atoms with van der Waals surface area (Å²) in [7, 11) is 0. The van der Waals surface area contributed by atoms with Crippen molar-refractivity contribution in [3.8, 4) is 0 Å². The van der Waals surface area contributed by atoms with Crippen LogP contribution in [-0.2, 0) is 17.2 Å². The Morgan fingerprint density at radius 2 is 2.56 bits per heavy atom. The van der Waals surface area contributed by atoms with Gasteiger partial charge in [0.15, 0.2) is 0 Å². The monoisotopic (exact) mass is 260 g/mol. The maximum atomic E-state index is 5.74. The molecule has 0 saturated carbocycles. The van der Waals surface area contributed by atoms with Gasteiger partial charge < -0.3 is 4.74 Å². The lowest BCUT2D eigenvalue weighted by molar-refractivity contribution is 0.0668. The van der Waals surface area contributed by atoms with Crippen LogP contribution in [-0.4, -0.2) is 35.7 Å². The Morgan fingerprint density at radius 3 is 3.31 bits per heavy atom. The van der Waals surface area contributed by atoms with Gasteiger partial charge in [-0.2, -0.15) is 0 Å². The van der Waals surface area contributed by atoms with Crippen molar-refractivity contribution >= 4 is 22.9 Å². The third kappa shape index (κ3) is 3.42. The van der Waals surface area contributed by atoms with Crippen molar-refractivity contribution in [3.05, 3.63) is 16.1 Å². The highest BCUT2D eigenvalue weighted by molar-refractivity contribution is 7.09. The van der Waals surface area contributed by atoms with Gasteiger partial charge in [-0.05, 0) is 13.3 Å². The van der Waals surface area contributed by atoms with Gasteiger partial charge >= 0.3 is 0 Å². The van der Waals surface area contributed by atoms with E-state index in [1.807, 2.05) is 5.38 Å². The largest absolute Gasteiger partial charge is 0.377 e. The second-order valence-electron chi connectivity index (χ2n) is 4.14. The summed E-state index contributed by atoms with van der Waals surface area (Å²) in [5, 5.41) is 3.20. The third-order valence-corrected chi connectivity index (χ3v) is 3.79. The van der Waals surface area contributed by atoms with E-state index in [0.29, 0.717) is 12.0 Å². The van der Waals surface area contributed by atoms with Crippen LogP contribution >= 0.6 is 22.9 Å². The number of ether oxygens (including phenoxy) is 1. The number of rotatable bonds is 3. The lowest BCUT2D eigenvalue weighted by atomic mass is 10.3. The van der Waals surface area contributed by atoms with Crippen LogP contribution in [0.25, 0.3) is 0 Å². The highest BCUT2D eigenvalue weighted by Gasteiger charge is 2.16. The first-order valence-corrected chi connectivity index (χ1v) is 7.02. The van der Waals surface area contributed by atoms with Gasteiger partial charge in [0.1, 0.15) is 5.01 Å². The van der Waals surface area contributed by atoms with Crippen LogP contribution in [0.5, 0.6) is 0 Å². The summed E-state index contributed by atoms with van der Waals surface area (Å²) in [4.78, 5) is 6.89. The number of aromatic nitrogens is 1. The van der Waals surface area contributed by atoms with E-state index in [1.165, 1.54) is 0 Å². The maximum absolute atomic E-state index is 5.74. The molecule has 0 aliphatic carbocycles. The zero-order valence-electron chi connectivity index (χ0n) is 9.49. The molecular formula is C11H17ClN2OS. The minimum absolute atomic E-state index is 0.329. The molecule has 1 saturated heterocycles. The second-order valence-corrected chi connectivity index (χ2v) is 5.35. The number of thiazole rings is 1. The highest BCUT2D eigenvalue weighted by atomic mass is 35.5. The summed E-state index contributed by atoms with van der Waals surface area (Å²) in [6.07, 6.45) is 1.44. The summed E-state index contributed by atoms with van der Waals surface area (Å²) in [5.74, 6) is 0.510. The number of hydrogen-bond acceptors (Lipinski definition) is 4. The van der Waals surface area contributed by atoms with Crippen molar-refractivity contribution < 1.29 is 4.74 Å². The molecule has 1 aromatic heterocycles. The van der Waals surface area contributed by atoms with Crippen LogP contribution in [0.1, 0.15) is 24.0 Å². The van der Waals surface area contributed by atoms with E-state index in [2.05, 4.69) is 16.8 Å². The quantitative estimate of drug-likeness (QED) is 0.781. The van der Waals surface area contributed by atoms with Crippen molar-refractivity contribution in [2.24, 2.45) is 0 Å². The van der Waals surface area contributed by atoms with Gasteiger partial charge in [0, 0.05) is 25.1 Å². The Balaban J connectivity index is 1.92. The topological polar surface area (TPSA) is 25.4 Å². The molecule has 16 heavy (non-hydrogen) atoms. The summed E-state index contributed by atoms with van der Waals surface area (Å²) < 4.78 is 5.62. The molecular weight excluding hydrogens is 244 g/mol. The predicted molar refractivity (Wildman–Crippen MR) is 67.0 cm³/mol. The first kappa shape index (κ1) is 12.3. The highest BCUT2D eigenvalue weighted by Crippen LogP contribution is 2.15. The molecule has 3 nitrogen and oxygen atoms in total. The zero-order valence-corrected chi connectivity index (χ0v) is 11.1. The predicted octanol–water partition coefficient (Wildman–Crippen LogP) is 2.49. The van der Waals surface area contributed by atoms with E-state index in [-0.39, 0.29) is 0 Å². The first-order chi connectivity index (χ1) is 7.78. The Hall–Kier alpha value is -0.160. The van der Waals surface area contributed by atoms with Crippen molar-refractivity contribution in [1.29, 1.82) is 0 Å². The Bertz CT molecular complexity index is 332. The van der Waals surface area contributed by atoms with Crippen LogP contribution in [0.3, 0.4) is 0 Å². The van der Waals surface area contributed by atoms with Gasteiger partial charge in [-0.25, -0.2) is 4.98 Å². The fraction of sp³-hybridized carbons (Fsp3) is 0.727. The number of alkyl halides is 1. The molecule has 0 radical (unpaired) electrons. The van der Waals surface area contributed by atoms with Crippen molar-refractivity contribution in [1.82, 2.24) is 9.88 Å². The maximum Gasteiger partial charge on any atom is 0.107 e. The molecule has 0 bridgehead atoms. The van der Waals surface area contributed by atoms with Crippen LogP contribution in [0.2, 0.25) is 0 Å². The van der Waals surface area contributed by atoms with Crippen molar-refractivity contribution in [2.45, 2.75) is 31.9 Å². The SMILES string of the molecule is CC1CN(Cc2nc(CCl)cs2)CCCO1. The summed E-state index contributed by atoms with van der Waals surface area (Å²) in [6, 6.07) is 0. The van der Waals surface area contributed by atoms with Gasteiger partial charge in [-0.15, -0.1) is 22.9 Å². The Labute approximate surface area is 105 Å². The third-order valence-electron chi connectivity index (χ3n) is 2.63. The molecule has 2 rings (SSSR count). The number of halogens is 1. The van der Waals surface area contributed by atoms with Crippen molar-refractivity contribution in [3.63, 3.8) is 0 Å². The van der Waals surface area contributed by atoms with Gasteiger partial charge in [-0.1, -0.05) is 0 Å². The molecule has 2 heterocycles. The van der Waals surface area contributed by atoms with Crippen molar-refractivity contribution in [2.75, 3.05) is 19.7 Å². The van der Waals surface area contributed by atoms with E-state index in [0.717, 1.165) is 43.4 Å². The molecule has 90 valence electrons. The average molecular weight is 261 g/mol. The first-order valence-electron chi connectivity index (χ1n) is 5.61. The van der Waals surface area contributed by atoms with Gasteiger partial charge in [0.25, 0.3) is 0 Å². The molecule has 0 N–H and O–H groups in total. The molecule has 1 aliphatic rings. The Morgan fingerprint density at radius 1 is 1.69 bits per heavy atom. The minimum atomic E-state index is 0.329. The fourth-order valence-electron chi connectivity index (χ4n) is 1.90. The summed E-state index contributed by atoms with van der Waals surface area (Å²) in [5.41, 5.74) is 0.987. The standard InChI is InChI=1S/C11H17ClN2OS/c1-9-6-14(3-2-4-15-9)7-11-13-10(5-12)8-16-11/h8-9H,2-7H2,1H3. The molecule has 5 heteroatoms. The minimum Gasteiger partial charge on any atom is -0.377 e. The molecule has 1 aliphatic heterocycles. The summed E-state index contributed by atoms with van der Waals surface area (Å²) in [6.45, 7) is 6.03. The Kier molecular flexibility index (Phi) is 4.58. The van der Waals surface area contributed by atoms with E-state index >= 15 is 0 Å². The van der Waals surface area contributed by atoms with Gasteiger partial charge in [0.05, 0.1) is 24.2 Å². The molecule has 1 fully saturated rings. The molecule has 0 amide bonds. The molecule has 0 spiro atoms. The molecule has 1 atom stereocenters. The summed E-state index contributed by atoms with van der Waals surface area (Å²) >= 11 is 7.44. The van der Waals surface area contributed by atoms with Crippen LogP contribution in [0, 0.1) is 0 Å². The van der Waals surface area contributed by atoms with E-state index in [1.54, 1.807) is 11.3 Å². The van der Waals surface area contributed by atoms with E-state index in [9.17, 15) is 0 Å². The molecule has 0 aromatic carbocycles. The molecule has 1 unspecified atom stereocenters. The number of hydrogen-bond donors (Lipinski definition) is 0. The van der Waals surface area contributed by atoms with E-state index < -0.39 is 0 Å². The lowest BCUT2D eigenvalue weighted by Crippen LogP contribution is -2.29. The van der Waals surface area contributed by atoms with Gasteiger partial charge in [0.2, 0.25) is 0 Å². The molecule has 1 aromatic rings. The normalized spacial score (nSPS) is 23.2. The number of nitrogens with zero attached hydrogens (tertiary/aromatic N) is 2. The fourth-order valence-corrected chi connectivity index (χ4v) is 2.96. The van der Waals surface area contributed by atoms with Crippen LogP contribution in [0.15, 0.2) is 5.38 Å².